The molecule has 0 aliphatic carbocycles. The quantitative estimate of drug-likeness (QED) is 0.657. The molecule has 0 saturated carbocycles. The van der Waals surface area contributed by atoms with Crippen LogP contribution in [0.15, 0.2) is 54.6 Å². The Hall–Kier alpha value is -2.59. The molecule has 0 aliphatic rings. The summed E-state index contributed by atoms with van der Waals surface area (Å²) in [4.78, 5) is 12.6. The summed E-state index contributed by atoms with van der Waals surface area (Å²) in [5.74, 6) is -0.528. The van der Waals surface area contributed by atoms with Crippen molar-refractivity contribution < 1.29 is 9.18 Å². The molecule has 0 radical (unpaired) electrons. The van der Waals surface area contributed by atoms with Crippen LogP contribution in [0.25, 0.3) is 16.9 Å². The van der Waals surface area contributed by atoms with Crippen LogP contribution in [0.2, 0.25) is 5.02 Å². The van der Waals surface area contributed by atoms with Gasteiger partial charge in [0.2, 0.25) is 0 Å². The van der Waals surface area contributed by atoms with E-state index in [9.17, 15) is 9.18 Å². The molecule has 1 N–H and O–H groups in total. The zero-order chi connectivity index (χ0) is 18.8. The highest BCUT2D eigenvalue weighted by Gasteiger charge is 2.21. The molecular formula is C21H20ClFN2O. The topological polar surface area (TPSA) is 34.0 Å². The lowest BCUT2D eigenvalue weighted by Gasteiger charge is -2.13. The minimum absolute atomic E-state index is 0.0118. The van der Waals surface area contributed by atoms with Crippen molar-refractivity contribution in [3.63, 3.8) is 0 Å². The Morgan fingerprint density at radius 3 is 2.38 bits per heavy atom. The van der Waals surface area contributed by atoms with E-state index in [0.29, 0.717) is 22.0 Å². The van der Waals surface area contributed by atoms with Gasteiger partial charge in [0.25, 0.3) is 5.91 Å². The first-order valence-electron chi connectivity index (χ1n) is 8.42. The minimum Gasteiger partial charge on any atom is -0.350 e. The van der Waals surface area contributed by atoms with Crippen LogP contribution in [0.4, 0.5) is 4.39 Å². The molecule has 5 heteroatoms. The van der Waals surface area contributed by atoms with E-state index in [-0.39, 0.29) is 17.8 Å². The number of amides is 1. The zero-order valence-corrected chi connectivity index (χ0v) is 15.6. The second-order valence-electron chi connectivity index (χ2n) is 6.45. The molecule has 0 spiro atoms. The summed E-state index contributed by atoms with van der Waals surface area (Å²) in [6.45, 7) is 5.63. The summed E-state index contributed by atoms with van der Waals surface area (Å²) in [6.07, 6.45) is 0. The van der Waals surface area contributed by atoms with Gasteiger partial charge in [0, 0.05) is 16.8 Å². The van der Waals surface area contributed by atoms with E-state index in [1.165, 1.54) is 6.07 Å². The van der Waals surface area contributed by atoms with E-state index in [0.717, 1.165) is 11.3 Å². The van der Waals surface area contributed by atoms with Crippen molar-refractivity contribution in [1.82, 2.24) is 9.88 Å². The number of hydrogen-bond donors (Lipinski definition) is 1. The van der Waals surface area contributed by atoms with Crippen molar-refractivity contribution in [3.8, 4) is 16.9 Å². The van der Waals surface area contributed by atoms with Gasteiger partial charge in [-0.15, -0.1) is 0 Å². The lowest BCUT2D eigenvalue weighted by Crippen LogP contribution is -2.30. The van der Waals surface area contributed by atoms with Gasteiger partial charge in [-0.05, 0) is 56.7 Å². The van der Waals surface area contributed by atoms with Gasteiger partial charge in [-0.25, -0.2) is 4.39 Å². The molecule has 0 bridgehead atoms. The zero-order valence-electron chi connectivity index (χ0n) is 14.9. The maximum atomic E-state index is 14.5. The monoisotopic (exact) mass is 370 g/mol. The van der Waals surface area contributed by atoms with Gasteiger partial charge in [-0.2, -0.15) is 0 Å². The number of hydrogen-bond acceptors (Lipinski definition) is 1. The van der Waals surface area contributed by atoms with Crippen molar-refractivity contribution >= 4 is 17.5 Å². The van der Waals surface area contributed by atoms with Gasteiger partial charge in [0.1, 0.15) is 5.82 Å². The molecule has 0 aliphatic heterocycles. The molecule has 0 unspecified atom stereocenters. The summed E-state index contributed by atoms with van der Waals surface area (Å²) in [5.41, 5.74) is 3.19. The number of para-hydroxylation sites is 1. The van der Waals surface area contributed by atoms with E-state index < -0.39 is 0 Å². The average molecular weight is 371 g/mol. The fourth-order valence-corrected chi connectivity index (χ4v) is 3.08. The molecule has 1 amide bonds. The van der Waals surface area contributed by atoms with Crippen molar-refractivity contribution in [2.24, 2.45) is 0 Å². The third kappa shape index (κ3) is 3.51. The second kappa shape index (κ2) is 7.34. The van der Waals surface area contributed by atoms with Crippen molar-refractivity contribution in [2.45, 2.75) is 26.8 Å². The molecule has 0 saturated heterocycles. The normalized spacial score (nSPS) is 11.0. The smallest absolute Gasteiger partial charge is 0.253 e. The number of carbonyl (C=O) groups excluding carboxylic acids is 1. The highest BCUT2D eigenvalue weighted by Crippen LogP contribution is 2.31. The highest BCUT2D eigenvalue weighted by molar-refractivity contribution is 6.30. The third-order valence-electron chi connectivity index (χ3n) is 4.14. The molecule has 0 atom stereocenters. The SMILES string of the molecule is Cc1c(C(=O)NC(C)C)cc(-c2ccc(Cl)cc2)n1-c1ccccc1F. The second-order valence-corrected chi connectivity index (χ2v) is 6.89. The first-order chi connectivity index (χ1) is 12.4. The van der Waals surface area contributed by atoms with Gasteiger partial charge < -0.3 is 9.88 Å². The maximum Gasteiger partial charge on any atom is 0.253 e. The predicted octanol–water partition coefficient (Wildman–Crippen LogP) is 5.38. The summed E-state index contributed by atoms with van der Waals surface area (Å²) < 4.78 is 16.3. The molecule has 1 aromatic heterocycles. The number of halogens is 2. The molecule has 3 aromatic rings. The van der Waals surface area contributed by atoms with E-state index in [1.807, 2.05) is 32.9 Å². The predicted molar refractivity (Wildman–Crippen MR) is 104 cm³/mol. The molecule has 26 heavy (non-hydrogen) atoms. The number of benzene rings is 2. The Kier molecular flexibility index (Phi) is 5.14. The van der Waals surface area contributed by atoms with Crippen LogP contribution in [0.1, 0.15) is 29.9 Å². The molecular weight excluding hydrogens is 351 g/mol. The fourth-order valence-electron chi connectivity index (χ4n) is 2.95. The Labute approximate surface area is 157 Å². The van der Waals surface area contributed by atoms with Gasteiger partial charge in [-0.1, -0.05) is 35.9 Å². The van der Waals surface area contributed by atoms with Crippen LogP contribution in [-0.2, 0) is 0 Å². The number of rotatable bonds is 4. The van der Waals surface area contributed by atoms with E-state index in [1.54, 1.807) is 41.0 Å². The van der Waals surface area contributed by atoms with Crippen molar-refractivity contribution in [1.29, 1.82) is 0 Å². The lowest BCUT2D eigenvalue weighted by atomic mass is 10.1. The molecule has 1 heterocycles. The summed E-state index contributed by atoms with van der Waals surface area (Å²) >= 11 is 5.99. The number of nitrogens with one attached hydrogen (secondary N) is 1. The van der Waals surface area contributed by atoms with E-state index in [4.69, 9.17) is 11.6 Å². The first-order valence-corrected chi connectivity index (χ1v) is 8.80. The first kappa shape index (κ1) is 18.2. The summed E-state index contributed by atoms with van der Waals surface area (Å²) in [7, 11) is 0. The average Bonchev–Trinajstić information content (AvgIpc) is 2.93. The molecule has 3 nitrogen and oxygen atoms in total. The van der Waals surface area contributed by atoms with Gasteiger partial charge in [0.15, 0.2) is 0 Å². The summed E-state index contributed by atoms with van der Waals surface area (Å²) in [5, 5.41) is 3.52. The van der Waals surface area contributed by atoms with Crippen molar-refractivity contribution in [2.75, 3.05) is 0 Å². The number of carbonyl (C=O) groups is 1. The third-order valence-corrected chi connectivity index (χ3v) is 4.40. The lowest BCUT2D eigenvalue weighted by molar-refractivity contribution is 0.0942. The standard InChI is InChI=1S/C21H20ClFN2O/c1-13(2)24-21(26)17-12-20(15-8-10-16(22)11-9-15)25(14(17)3)19-7-5-4-6-18(19)23/h4-13H,1-3H3,(H,24,26). The van der Waals surface area contributed by atoms with Crippen LogP contribution in [0.3, 0.4) is 0 Å². The molecule has 2 aromatic carbocycles. The van der Waals surface area contributed by atoms with Crippen LogP contribution < -0.4 is 5.32 Å². The van der Waals surface area contributed by atoms with Crippen LogP contribution in [0.5, 0.6) is 0 Å². The van der Waals surface area contributed by atoms with Crippen LogP contribution in [0, 0.1) is 12.7 Å². The van der Waals surface area contributed by atoms with Gasteiger partial charge in [0.05, 0.1) is 16.9 Å². The number of aromatic nitrogens is 1. The number of nitrogens with zero attached hydrogens (tertiary/aromatic N) is 1. The summed E-state index contributed by atoms with van der Waals surface area (Å²) in [6, 6.07) is 15.6. The van der Waals surface area contributed by atoms with E-state index in [2.05, 4.69) is 5.32 Å². The Morgan fingerprint density at radius 1 is 1.12 bits per heavy atom. The molecule has 0 fully saturated rings. The largest absolute Gasteiger partial charge is 0.350 e. The molecule has 3 rings (SSSR count). The Morgan fingerprint density at radius 2 is 1.77 bits per heavy atom. The van der Waals surface area contributed by atoms with Gasteiger partial charge >= 0.3 is 0 Å². The minimum atomic E-state index is -0.350. The fraction of sp³-hybridized carbons (Fsp3) is 0.190. The van der Waals surface area contributed by atoms with Crippen LogP contribution in [-0.4, -0.2) is 16.5 Å². The highest BCUT2D eigenvalue weighted by atomic mass is 35.5. The Bertz CT molecular complexity index is 945. The van der Waals surface area contributed by atoms with E-state index >= 15 is 0 Å². The van der Waals surface area contributed by atoms with Gasteiger partial charge in [-0.3, -0.25) is 4.79 Å². The van der Waals surface area contributed by atoms with Crippen LogP contribution >= 0.6 is 11.6 Å². The molecule has 134 valence electrons. The van der Waals surface area contributed by atoms with Crippen molar-refractivity contribution in [3.05, 3.63) is 76.7 Å². The Balaban J connectivity index is 2.23. The maximum absolute atomic E-state index is 14.5.